The van der Waals surface area contributed by atoms with Crippen LogP contribution in [0.25, 0.3) is 22.3 Å². The van der Waals surface area contributed by atoms with Crippen molar-refractivity contribution in [3.63, 3.8) is 0 Å². The molecule has 36 heavy (non-hydrogen) atoms. The zero-order valence-corrected chi connectivity index (χ0v) is 19.0. The normalized spacial score (nSPS) is 24.0. The lowest BCUT2D eigenvalue weighted by molar-refractivity contribution is -0.277. The number of ether oxygens (including phenoxy) is 4. The molecule has 0 radical (unpaired) electrons. The number of aromatic hydroxyl groups is 3. The van der Waals surface area contributed by atoms with E-state index in [0.717, 1.165) is 6.07 Å². The van der Waals surface area contributed by atoms with Gasteiger partial charge in [-0.25, -0.2) is 0 Å². The summed E-state index contributed by atoms with van der Waals surface area (Å²) in [5.74, 6) is -2.71. The SMILES string of the molecule is COc1cc2oc(-c3ccc(O)c(O)c3)c(OC)c(=O)c2c(O)c1OC1OC(CO)C(O)C(O)C1O. The Morgan fingerprint density at radius 2 is 1.64 bits per heavy atom. The highest BCUT2D eigenvalue weighted by molar-refractivity contribution is 5.91. The van der Waals surface area contributed by atoms with Crippen molar-refractivity contribution in [1.82, 2.24) is 0 Å². The van der Waals surface area contributed by atoms with Crippen LogP contribution in [0.1, 0.15) is 0 Å². The molecule has 2 heterocycles. The lowest BCUT2D eigenvalue weighted by Gasteiger charge is -2.39. The molecule has 0 aliphatic carbocycles. The number of benzene rings is 2. The highest BCUT2D eigenvalue weighted by atomic mass is 16.7. The number of hydrogen-bond acceptors (Lipinski definition) is 13. The molecule has 7 N–H and O–H groups in total. The zero-order chi connectivity index (χ0) is 26.3. The van der Waals surface area contributed by atoms with Gasteiger partial charge in [0, 0.05) is 11.6 Å². The molecule has 1 fully saturated rings. The predicted molar refractivity (Wildman–Crippen MR) is 120 cm³/mol. The Morgan fingerprint density at radius 3 is 2.25 bits per heavy atom. The van der Waals surface area contributed by atoms with Crippen molar-refractivity contribution in [1.29, 1.82) is 0 Å². The van der Waals surface area contributed by atoms with Crippen LogP contribution in [0, 0.1) is 0 Å². The summed E-state index contributed by atoms with van der Waals surface area (Å²) in [6.45, 7) is -0.706. The summed E-state index contributed by atoms with van der Waals surface area (Å²) in [5, 5.41) is 69.7. The van der Waals surface area contributed by atoms with Gasteiger partial charge in [-0.3, -0.25) is 4.79 Å². The molecular formula is C23H24O13. The first-order valence-corrected chi connectivity index (χ1v) is 10.6. The lowest BCUT2D eigenvalue weighted by Crippen LogP contribution is -2.60. The van der Waals surface area contributed by atoms with Crippen molar-refractivity contribution >= 4 is 11.0 Å². The van der Waals surface area contributed by atoms with Gasteiger partial charge >= 0.3 is 0 Å². The van der Waals surface area contributed by atoms with E-state index < -0.39 is 65.7 Å². The highest BCUT2D eigenvalue weighted by Gasteiger charge is 2.45. The van der Waals surface area contributed by atoms with Crippen molar-refractivity contribution in [2.75, 3.05) is 20.8 Å². The molecule has 2 aromatic carbocycles. The Bertz CT molecular complexity index is 1330. The summed E-state index contributed by atoms with van der Waals surface area (Å²) >= 11 is 0. The fourth-order valence-corrected chi connectivity index (χ4v) is 3.86. The summed E-state index contributed by atoms with van der Waals surface area (Å²) in [4.78, 5) is 13.3. The number of aliphatic hydroxyl groups excluding tert-OH is 4. The monoisotopic (exact) mass is 508 g/mol. The molecule has 13 nitrogen and oxygen atoms in total. The van der Waals surface area contributed by atoms with E-state index in [1.54, 1.807) is 0 Å². The maximum Gasteiger partial charge on any atom is 0.239 e. The topological polar surface area (TPSA) is 209 Å². The molecule has 1 aliphatic rings. The smallest absolute Gasteiger partial charge is 0.239 e. The van der Waals surface area contributed by atoms with Crippen LogP contribution < -0.4 is 19.6 Å². The van der Waals surface area contributed by atoms with Crippen LogP contribution in [0.5, 0.6) is 34.5 Å². The largest absolute Gasteiger partial charge is 0.504 e. The molecule has 1 aliphatic heterocycles. The standard InChI is InChI=1S/C23H24O13/c1-32-12-6-11-14(16(28)21(12)36-23-19(31)18(30)15(27)13(7-24)35-23)17(29)22(33-2)20(34-11)8-3-4-9(25)10(26)5-8/h3-6,13,15,18-19,23-28,30-31H,7H2,1-2H3. The number of hydrogen-bond donors (Lipinski definition) is 7. The van der Waals surface area contributed by atoms with Crippen LogP contribution in [0.2, 0.25) is 0 Å². The van der Waals surface area contributed by atoms with Gasteiger partial charge < -0.3 is 59.1 Å². The second-order valence-electron chi connectivity index (χ2n) is 7.94. The summed E-state index contributed by atoms with van der Waals surface area (Å²) in [7, 11) is 2.41. The van der Waals surface area contributed by atoms with Crippen LogP contribution in [0.3, 0.4) is 0 Å². The van der Waals surface area contributed by atoms with E-state index in [2.05, 4.69) is 0 Å². The first-order valence-electron chi connectivity index (χ1n) is 10.6. The number of aliphatic hydroxyl groups is 4. The van der Waals surface area contributed by atoms with E-state index in [9.17, 15) is 40.5 Å². The van der Waals surface area contributed by atoms with Crippen molar-refractivity contribution in [2.45, 2.75) is 30.7 Å². The van der Waals surface area contributed by atoms with E-state index in [1.165, 1.54) is 32.4 Å². The van der Waals surface area contributed by atoms with Crippen molar-refractivity contribution < 1.29 is 59.1 Å². The highest BCUT2D eigenvalue weighted by Crippen LogP contribution is 2.45. The summed E-state index contributed by atoms with van der Waals surface area (Å²) in [6.07, 6.45) is -8.13. The van der Waals surface area contributed by atoms with Gasteiger partial charge in [0.15, 0.2) is 28.8 Å². The molecule has 0 bridgehead atoms. The minimum atomic E-state index is -1.79. The first-order chi connectivity index (χ1) is 17.1. The van der Waals surface area contributed by atoms with E-state index in [-0.39, 0.29) is 33.8 Å². The zero-order valence-electron chi connectivity index (χ0n) is 19.0. The number of rotatable bonds is 6. The maximum atomic E-state index is 13.3. The maximum absolute atomic E-state index is 13.3. The third-order valence-electron chi connectivity index (χ3n) is 5.78. The van der Waals surface area contributed by atoms with Gasteiger partial charge in [0.25, 0.3) is 0 Å². The van der Waals surface area contributed by atoms with Crippen LogP contribution in [-0.4, -0.2) is 87.3 Å². The molecule has 194 valence electrons. The number of methoxy groups -OCH3 is 2. The lowest BCUT2D eigenvalue weighted by atomic mass is 9.99. The van der Waals surface area contributed by atoms with Gasteiger partial charge in [-0.15, -0.1) is 0 Å². The van der Waals surface area contributed by atoms with Crippen LogP contribution in [0.15, 0.2) is 33.5 Å². The van der Waals surface area contributed by atoms with Gasteiger partial charge in [-0.05, 0) is 18.2 Å². The molecule has 3 aromatic rings. The van der Waals surface area contributed by atoms with Gasteiger partial charge in [0.05, 0.1) is 20.8 Å². The molecule has 5 atom stereocenters. The Balaban J connectivity index is 1.86. The molecular weight excluding hydrogens is 484 g/mol. The fourth-order valence-electron chi connectivity index (χ4n) is 3.86. The van der Waals surface area contributed by atoms with Gasteiger partial charge in [-0.2, -0.15) is 0 Å². The average molecular weight is 508 g/mol. The van der Waals surface area contributed by atoms with Crippen LogP contribution in [-0.2, 0) is 4.74 Å². The Labute approximate surface area is 202 Å². The van der Waals surface area contributed by atoms with Crippen molar-refractivity contribution in [2.24, 2.45) is 0 Å². The summed E-state index contributed by atoms with van der Waals surface area (Å²) in [5.41, 5.74) is -0.819. The summed E-state index contributed by atoms with van der Waals surface area (Å²) in [6, 6.07) is 4.91. The van der Waals surface area contributed by atoms with Gasteiger partial charge in [0.1, 0.15) is 35.4 Å². The van der Waals surface area contributed by atoms with Crippen molar-refractivity contribution in [3.05, 3.63) is 34.5 Å². The molecule has 1 aromatic heterocycles. The molecule has 13 heteroatoms. The Kier molecular flexibility index (Phi) is 6.84. The third kappa shape index (κ3) is 4.12. The average Bonchev–Trinajstić information content (AvgIpc) is 2.86. The first kappa shape index (κ1) is 25.3. The summed E-state index contributed by atoms with van der Waals surface area (Å²) < 4.78 is 27.1. The molecule has 4 rings (SSSR count). The van der Waals surface area contributed by atoms with Gasteiger partial charge in [-0.1, -0.05) is 0 Å². The number of phenolic OH excluding ortho intramolecular Hbond substituents is 3. The Hall–Kier alpha value is -3.75. The van der Waals surface area contributed by atoms with Gasteiger partial charge in [0.2, 0.25) is 23.2 Å². The van der Waals surface area contributed by atoms with Crippen LogP contribution >= 0.6 is 0 Å². The molecule has 0 spiro atoms. The Morgan fingerprint density at radius 1 is 0.917 bits per heavy atom. The minimum Gasteiger partial charge on any atom is -0.504 e. The minimum absolute atomic E-state index is 0.116. The predicted octanol–water partition coefficient (Wildman–Crippen LogP) is -0.227. The van der Waals surface area contributed by atoms with E-state index >= 15 is 0 Å². The second kappa shape index (κ2) is 9.72. The second-order valence-corrected chi connectivity index (χ2v) is 7.94. The van der Waals surface area contributed by atoms with Crippen LogP contribution in [0.4, 0.5) is 0 Å². The number of phenols is 3. The fraction of sp³-hybridized carbons (Fsp3) is 0.348. The molecule has 0 amide bonds. The van der Waals surface area contributed by atoms with E-state index in [1.807, 2.05) is 0 Å². The van der Waals surface area contributed by atoms with E-state index in [4.69, 9.17) is 23.4 Å². The molecule has 1 saturated heterocycles. The molecule has 0 saturated carbocycles. The molecule has 5 unspecified atom stereocenters. The van der Waals surface area contributed by atoms with E-state index in [0.29, 0.717) is 0 Å². The quantitative estimate of drug-likeness (QED) is 0.215. The third-order valence-corrected chi connectivity index (χ3v) is 5.78. The number of fused-ring (bicyclic) bond motifs is 1. The van der Waals surface area contributed by atoms with Crippen molar-refractivity contribution in [3.8, 4) is 45.8 Å².